The normalized spacial score (nSPS) is 9.73. The van der Waals surface area contributed by atoms with Gasteiger partial charge in [0.05, 0.1) is 6.61 Å². The van der Waals surface area contributed by atoms with Crippen LogP contribution in [0.5, 0.6) is 0 Å². The Morgan fingerprint density at radius 3 is 2.45 bits per heavy atom. The van der Waals surface area contributed by atoms with Crippen LogP contribution >= 0.6 is 0 Å². The first kappa shape index (κ1) is 10.4. The molecule has 11 heavy (non-hydrogen) atoms. The number of rotatable bonds is 5. The number of methoxy groups -OCH3 is 1. The molecular weight excluding hydrogens is 142 g/mol. The summed E-state index contributed by atoms with van der Waals surface area (Å²) in [6.07, 6.45) is 1.00. The Morgan fingerprint density at radius 2 is 2.09 bits per heavy atom. The Bertz CT molecular complexity index is 115. The number of carbonyl (C=O) groups excluding carboxylic acids is 1. The topological polar surface area (TPSA) is 29.5 Å². The van der Waals surface area contributed by atoms with Crippen LogP contribution in [0.25, 0.3) is 0 Å². The molecule has 66 valence electrons. The lowest BCUT2D eigenvalue weighted by molar-refractivity contribution is -0.129. The lowest BCUT2D eigenvalue weighted by Gasteiger charge is -2.19. The fourth-order valence-electron chi connectivity index (χ4n) is 0.898. The minimum Gasteiger partial charge on any atom is -0.383 e. The molecule has 0 atom stereocenters. The SMILES string of the molecule is CCCN(CCOC)C(C)=O. The number of ether oxygens (including phenoxy) is 1. The third-order valence-electron chi connectivity index (χ3n) is 1.50. The van der Waals surface area contributed by atoms with Gasteiger partial charge in [-0.2, -0.15) is 0 Å². The van der Waals surface area contributed by atoms with Gasteiger partial charge in [-0.1, -0.05) is 6.92 Å². The number of hydrogen-bond acceptors (Lipinski definition) is 2. The third-order valence-corrected chi connectivity index (χ3v) is 1.50. The summed E-state index contributed by atoms with van der Waals surface area (Å²) in [5.74, 6) is 0.129. The van der Waals surface area contributed by atoms with E-state index in [9.17, 15) is 4.79 Å². The van der Waals surface area contributed by atoms with Crippen LogP contribution in [0.3, 0.4) is 0 Å². The molecule has 0 aliphatic carbocycles. The van der Waals surface area contributed by atoms with Crippen molar-refractivity contribution in [3.05, 3.63) is 0 Å². The molecule has 0 heterocycles. The predicted octanol–water partition coefficient (Wildman–Crippen LogP) is 0.891. The third kappa shape index (κ3) is 4.79. The molecule has 3 heteroatoms. The zero-order valence-electron chi connectivity index (χ0n) is 7.59. The minimum absolute atomic E-state index is 0.129. The molecule has 0 saturated heterocycles. The summed E-state index contributed by atoms with van der Waals surface area (Å²) in [4.78, 5) is 12.7. The van der Waals surface area contributed by atoms with Crippen LogP contribution in [0, 0.1) is 0 Å². The summed E-state index contributed by atoms with van der Waals surface area (Å²) < 4.78 is 4.87. The Labute approximate surface area is 68.3 Å². The van der Waals surface area contributed by atoms with E-state index in [0.29, 0.717) is 13.2 Å². The van der Waals surface area contributed by atoms with Crippen molar-refractivity contribution in [3.8, 4) is 0 Å². The van der Waals surface area contributed by atoms with E-state index in [0.717, 1.165) is 13.0 Å². The van der Waals surface area contributed by atoms with E-state index >= 15 is 0 Å². The highest BCUT2D eigenvalue weighted by atomic mass is 16.5. The maximum Gasteiger partial charge on any atom is 0.219 e. The van der Waals surface area contributed by atoms with Gasteiger partial charge in [0.15, 0.2) is 0 Å². The highest BCUT2D eigenvalue weighted by Crippen LogP contribution is 1.91. The Kier molecular flexibility index (Phi) is 5.84. The van der Waals surface area contributed by atoms with Crippen molar-refractivity contribution < 1.29 is 9.53 Å². The van der Waals surface area contributed by atoms with Crippen LogP contribution in [0.15, 0.2) is 0 Å². The molecule has 0 unspecified atom stereocenters. The second kappa shape index (κ2) is 6.16. The molecule has 3 nitrogen and oxygen atoms in total. The van der Waals surface area contributed by atoms with E-state index in [4.69, 9.17) is 4.74 Å². The van der Waals surface area contributed by atoms with E-state index in [1.165, 1.54) is 0 Å². The van der Waals surface area contributed by atoms with Gasteiger partial charge in [0.25, 0.3) is 0 Å². The molecule has 0 aromatic heterocycles. The molecule has 0 aliphatic heterocycles. The monoisotopic (exact) mass is 159 g/mol. The first-order chi connectivity index (χ1) is 5.22. The summed E-state index contributed by atoms with van der Waals surface area (Å²) in [6.45, 7) is 5.81. The summed E-state index contributed by atoms with van der Waals surface area (Å²) in [5, 5.41) is 0. The fraction of sp³-hybridized carbons (Fsp3) is 0.875. The molecular formula is C8H17NO2. The lowest BCUT2D eigenvalue weighted by Crippen LogP contribution is -2.32. The van der Waals surface area contributed by atoms with Gasteiger partial charge in [0.1, 0.15) is 0 Å². The van der Waals surface area contributed by atoms with Gasteiger partial charge in [0, 0.05) is 27.1 Å². The summed E-state index contributed by atoms with van der Waals surface area (Å²) in [6, 6.07) is 0. The highest BCUT2D eigenvalue weighted by Gasteiger charge is 2.05. The van der Waals surface area contributed by atoms with Crippen LogP contribution in [0.4, 0.5) is 0 Å². The Morgan fingerprint density at radius 1 is 1.45 bits per heavy atom. The van der Waals surface area contributed by atoms with Gasteiger partial charge in [0.2, 0.25) is 5.91 Å². The molecule has 0 N–H and O–H groups in total. The lowest BCUT2D eigenvalue weighted by atomic mass is 10.4. The van der Waals surface area contributed by atoms with Crippen molar-refractivity contribution in [2.45, 2.75) is 20.3 Å². The summed E-state index contributed by atoms with van der Waals surface area (Å²) in [7, 11) is 1.64. The largest absolute Gasteiger partial charge is 0.383 e. The molecule has 0 aromatic rings. The van der Waals surface area contributed by atoms with Crippen LogP contribution in [-0.2, 0) is 9.53 Å². The van der Waals surface area contributed by atoms with Crippen LogP contribution in [-0.4, -0.2) is 37.6 Å². The van der Waals surface area contributed by atoms with E-state index < -0.39 is 0 Å². The Balaban J connectivity index is 3.60. The molecule has 0 rings (SSSR count). The fourth-order valence-corrected chi connectivity index (χ4v) is 0.898. The summed E-state index contributed by atoms with van der Waals surface area (Å²) in [5.41, 5.74) is 0. The van der Waals surface area contributed by atoms with Gasteiger partial charge in [-0.15, -0.1) is 0 Å². The molecule has 0 spiro atoms. The van der Waals surface area contributed by atoms with Crippen molar-refractivity contribution >= 4 is 5.91 Å². The molecule has 0 bridgehead atoms. The van der Waals surface area contributed by atoms with Crippen LogP contribution < -0.4 is 0 Å². The van der Waals surface area contributed by atoms with Gasteiger partial charge in [-0.05, 0) is 6.42 Å². The molecule has 0 saturated carbocycles. The van der Waals surface area contributed by atoms with Crippen LogP contribution in [0.2, 0.25) is 0 Å². The van der Waals surface area contributed by atoms with E-state index in [1.807, 2.05) is 0 Å². The predicted molar refractivity (Wildman–Crippen MR) is 44.4 cm³/mol. The first-order valence-electron chi connectivity index (χ1n) is 3.96. The van der Waals surface area contributed by atoms with E-state index in [-0.39, 0.29) is 5.91 Å². The van der Waals surface area contributed by atoms with Gasteiger partial charge >= 0.3 is 0 Å². The van der Waals surface area contributed by atoms with Gasteiger partial charge in [-0.25, -0.2) is 0 Å². The standard InChI is InChI=1S/C8H17NO2/c1-4-5-9(8(2)10)6-7-11-3/h4-7H2,1-3H3. The zero-order chi connectivity index (χ0) is 8.69. The smallest absolute Gasteiger partial charge is 0.219 e. The molecule has 0 aliphatic rings. The van der Waals surface area contributed by atoms with E-state index in [1.54, 1.807) is 18.9 Å². The van der Waals surface area contributed by atoms with Crippen molar-refractivity contribution in [2.24, 2.45) is 0 Å². The molecule has 0 aromatic carbocycles. The van der Waals surface area contributed by atoms with Gasteiger partial charge < -0.3 is 9.64 Å². The zero-order valence-corrected chi connectivity index (χ0v) is 7.59. The van der Waals surface area contributed by atoms with Crippen molar-refractivity contribution in [1.82, 2.24) is 4.90 Å². The first-order valence-corrected chi connectivity index (χ1v) is 3.96. The maximum absolute atomic E-state index is 10.9. The molecule has 0 fully saturated rings. The highest BCUT2D eigenvalue weighted by molar-refractivity contribution is 5.73. The summed E-state index contributed by atoms with van der Waals surface area (Å²) >= 11 is 0. The number of amides is 1. The van der Waals surface area contributed by atoms with Gasteiger partial charge in [-0.3, -0.25) is 4.79 Å². The average Bonchev–Trinajstić information content (AvgIpc) is 1.97. The Hall–Kier alpha value is -0.570. The quantitative estimate of drug-likeness (QED) is 0.596. The molecule has 1 amide bonds. The van der Waals surface area contributed by atoms with Crippen molar-refractivity contribution in [2.75, 3.05) is 26.8 Å². The maximum atomic E-state index is 10.9. The number of carbonyl (C=O) groups is 1. The molecule has 0 radical (unpaired) electrons. The minimum atomic E-state index is 0.129. The second-order valence-corrected chi connectivity index (χ2v) is 2.50. The van der Waals surface area contributed by atoms with Crippen molar-refractivity contribution in [3.63, 3.8) is 0 Å². The average molecular weight is 159 g/mol. The van der Waals surface area contributed by atoms with E-state index in [2.05, 4.69) is 6.92 Å². The van der Waals surface area contributed by atoms with Crippen molar-refractivity contribution in [1.29, 1.82) is 0 Å². The number of hydrogen-bond donors (Lipinski definition) is 0. The second-order valence-electron chi connectivity index (χ2n) is 2.50. The van der Waals surface area contributed by atoms with Crippen LogP contribution in [0.1, 0.15) is 20.3 Å². The number of nitrogens with zero attached hydrogens (tertiary/aromatic N) is 1.